The molecule has 1 aromatic carbocycles. The molecule has 110 valence electrons. The van der Waals surface area contributed by atoms with Crippen molar-refractivity contribution >= 4 is 21.4 Å². The molecule has 2 aromatic rings. The normalized spacial score (nSPS) is 13.2. The maximum Gasteiger partial charge on any atom is 0.0390 e. The molecule has 0 aliphatic carbocycles. The van der Waals surface area contributed by atoms with Crippen LogP contribution in [0.3, 0.4) is 0 Å². The average molecular weight is 289 g/mol. The minimum Gasteiger partial charge on any atom is -0.310 e. The van der Waals surface area contributed by atoms with E-state index in [1.54, 1.807) is 0 Å². The van der Waals surface area contributed by atoms with Crippen molar-refractivity contribution in [1.82, 2.24) is 5.32 Å². The van der Waals surface area contributed by atoms with Crippen molar-refractivity contribution in [3.05, 3.63) is 35.2 Å². The van der Waals surface area contributed by atoms with Crippen LogP contribution in [0.25, 0.3) is 10.1 Å². The highest BCUT2D eigenvalue weighted by Crippen LogP contribution is 2.35. The van der Waals surface area contributed by atoms with Crippen LogP contribution in [-0.2, 0) is 0 Å². The van der Waals surface area contributed by atoms with Gasteiger partial charge in [0, 0.05) is 10.7 Å². The lowest BCUT2D eigenvalue weighted by Crippen LogP contribution is -2.28. The van der Waals surface area contributed by atoms with E-state index in [-0.39, 0.29) is 0 Å². The van der Waals surface area contributed by atoms with Gasteiger partial charge in [-0.15, -0.1) is 11.3 Å². The summed E-state index contributed by atoms with van der Waals surface area (Å²) < 4.78 is 1.47. The quantitative estimate of drug-likeness (QED) is 0.650. The van der Waals surface area contributed by atoms with Crippen LogP contribution in [0.4, 0.5) is 0 Å². The first-order chi connectivity index (χ1) is 9.81. The zero-order chi connectivity index (χ0) is 14.4. The highest BCUT2D eigenvalue weighted by atomic mass is 32.1. The maximum atomic E-state index is 3.76. The molecule has 1 unspecified atom stereocenters. The number of fused-ring (bicyclic) bond motifs is 1. The van der Waals surface area contributed by atoms with Gasteiger partial charge in [0.05, 0.1) is 0 Å². The van der Waals surface area contributed by atoms with Crippen LogP contribution in [0, 0.1) is 5.92 Å². The van der Waals surface area contributed by atoms with Crippen molar-refractivity contribution in [2.75, 3.05) is 6.54 Å². The molecule has 2 rings (SSSR count). The number of benzene rings is 1. The van der Waals surface area contributed by atoms with Crippen molar-refractivity contribution in [3.8, 4) is 0 Å². The Kier molecular flexibility index (Phi) is 6.06. The predicted octanol–water partition coefficient (Wildman–Crippen LogP) is 5.77. The van der Waals surface area contributed by atoms with Gasteiger partial charge in [-0.2, -0.15) is 0 Å². The maximum absolute atomic E-state index is 3.76. The Balaban J connectivity index is 2.37. The third-order valence-electron chi connectivity index (χ3n) is 4.06. The van der Waals surface area contributed by atoms with Crippen molar-refractivity contribution in [3.63, 3.8) is 0 Å². The standard InChI is InChI=1S/C18H27NS/c1-4-8-14(9-5-2)17(19-6-3)16-11-7-10-15-12-13-20-18(15)16/h7,10-14,17,19H,4-6,8-9H2,1-3H3. The Bertz CT molecular complexity index is 511. The molecule has 0 amide bonds. The van der Waals surface area contributed by atoms with E-state index in [1.807, 2.05) is 11.3 Å². The SMILES string of the molecule is CCCC(CCC)C(NCC)c1cccc2ccsc12. The smallest absolute Gasteiger partial charge is 0.0390 e. The highest BCUT2D eigenvalue weighted by molar-refractivity contribution is 7.17. The Hall–Kier alpha value is -0.860. The van der Waals surface area contributed by atoms with Gasteiger partial charge in [0.2, 0.25) is 0 Å². The van der Waals surface area contributed by atoms with Crippen LogP contribution in [0.1, 0.15) is 58.1 Å². The molecule has 0 saturated carbocycles. The van der Waals surface area contributed by atoms with Gasteiger partial charge in [0.1, 0.15) is 0 Å². The molecule has 0 bridgehead atoms. The Morgan fingerprint density at radius 1 is 1.05 bits per heavy atom. The first-order valence-corrected chi connectivity index (χ1v) is 8.89. The lowest BCUT2D eigenvalue weighted by atomic mass is 9.85. The Morgan fingerprint density at radius 3 is 2.45 bits per heavy atom. The molecule has 0 aliphatic heterocycles. The van der Waals surface area contributed by atoms with Crippen molar-refractivity contribution in [2.45, 2.75) is 52.5 Å². The van der Waals surface area contributed by atoms with E-state index in [4.69, 9.17) is 0 Å². The van der Waals surface area contributed by atoms with Crippen LogP contribution >= 0.6 is 11.3 Å². The largest absolute Gasteiger partial charge is 0.310 e. The average Bonchev–Trinajstić information content (AvgIpc) is 2.93. The number of hydrogen-bond donors (Lipinski definition) is 1. The topological polar surface area (TPSA) is 12.0 Å². The summed E-state index contributed by atoms with van der Waals surface area (Å²) in [5.41, 5.74) is 1.51. The highest BCUT2D eigenvalue weighted by Gasteiger charge is 2.23. The fraction of sp³-hybridized carbons (Fsp3) is 0.556. The molecule has 1 nitrogen and oxygen atoms in total. The minimum atomic E-state index is 0.502. The van der Waals surface area contributed by atoms with Crippen molar-refractivity contribution in [1.29, 1.82) is 0 Å². The minimum absolute atomic E-state index is 0.502. The fourth-order valence-corrected chi connectivity index (χ4v) is 4.18. The van der Waals surface area contributed by atoms with Crippen molar-refractivity contribution in [2.24, 2.45) is 5.92 Å². The summed E-state index contributed by atoms with van der Waals surface area (Å²) in [5.74, 6) is 0.748. The second-order valence-corrected chi connectivity index (χ2v) is 6.48. The van der Waals surface area contributed by atoms with E-state index >= 15 is 0 Å². The summed E-state index contributed by atoms with van der Waals surface area (Å²) in [5, 5.41) is 7.36. The lowest BCUT2D eigenvalue weighted by Gasteiger charge is -2.28. The molecule has 0 spiro atoms. The van der Waals surface area contributed by atoms with Crippen LogP contribution in [0.5, 0.6) is 0 Å². The zero-order valence-corrected chi connectivity index (χ0v) is 13.8. The van der Waals surface area contributed by atoms with Crippen LogP contribution in [0.15, 0.2) is 29.6 Å². The van der Waals surface area contributed by atoms with Gasteiger partial charge in [-0.05, 0) is 47.7 Å². The summed E-state index contributed by atoms with van der Waals surface area (Å²) in [6, 6.07) is 9.50. The number of hydrogen-bond acceptors (Lipinski definition) is 2. The number of thiophene rings is 1. The zero-order valence-electron chi connectivity index (χ0n) is 13.0. The monoisotopic (exact) mass is 289 g/mol. The lowest BCUT2D eigenvalue weighted by molar-refractivity contribution is 0.322. The first-order valence-electron chi connectivity index (χ1n) is 8.01. The fourth-order valence-electron chi connectivity index (χ4n) is 3.23. The molecule has 20 heavy (non-hydrogen) atoms. The summed E-state index contributed by atoms with van der Waals surface area (Å²) in [4.78, 5) is 0. The van der Waals surface area contributed by atoms with Gasteiger partial charge in [-0.3, -0.25) is 0 Å². The molecule has 0 aliphatic rings. The van der Waals surface area contributed by atoms with Crippen LogP contribution in [0.2, 0.25) is 0 Å². The van der Waals surface area contributed by atoms with E-state index in [0.29, 0.717) is 6.04 Å². The summed E-state index contributed by atoms with van der Waals surface area (Å²) >= 11 is 1.88. The molecule has 1 heterocycles. The molecule has 1 N–H and O–H groups in total. The molecule has 0 saturated heterocycles. The molecule has 1 aromatic heterocycles. The van der Waals surface area contributed by atoms with E-state index in [9.17, 15) is 0 Å². The summed E-state index contributed by atoms with van der Waals surface area (Å²) in [7, 11) is 0. The Morgan fingerprint density at radius 2 is 1.80 bits per heavy atom. The number of rotatable bonds is 8. The third-order valence-corrected chi connectivity index (χ3v) is 5.04. The van der Waals surface area contributed by atoms with Crippen LogP contribution in [-0.4, -0.2) is 6.54 Å². The first kappa shape index (κ1) is 15.5. The second kappa shape index (κ2) is 7.80. The number of nitrogens with one attached hydrogen (secondary N) is 1. The van der Waals surface area contributed by atoms with E-state index in [0.717, 1.165) is 12.5 Å². The van der Waals surface area contributed by atoms with E-state index < -0.39 is 0 Å². The molecular formula is C18H27NS. The molecule has 2 heteroatoms. The summed E-state index contributed by atoms with van der Waals surface area (Å²) in [6.07, 6.45) is 5.17. The van der Waals surface area contributed by atoms with Crippen molar-refractivity contribution < 1.29 is 0 Å². The molecule has 1 atom stereocenters. The van der Waals surface area contributed by atoms with E-state index in [2.05, 4.69) is 55.7 Å². The van der Waals surface area contributed by atoms with Crippen LogP contribution < -0.4 is 5.32 Å². The van der Waals surface area contributed by atoms with Gasteiger partial charge in [-0.25, -0.2) is 0 Å². The van der Waals surface area contributed by atoms with Gasteiger partial charge in [-0.1, -0.05) is 51.8 Å². The Labute approximate surface area is 127 Å². The molecule has 0 fully saturated rings. The van der Waals surface area contributed by atoms with Gasteiger partial charge in [0.25, 0.3) is 0 Å². The van der Waals surface area contributed by atoms with Gasteiger partial charge >= 0.3 is 0 Å². The molecule has 0 radical (unpaired) electrons. The van der Waals surface area contributed by atoms with Gasteiger partial charge < -0.3 is 5.32 Å². The molecular weight excluding hydrogens is 262 g/mol. The van der Waals surface area contributed by atoms with E-state index in [1.165, 1.54) is 41.3 Å². The predicted molar refractivity (Wildman–Crippen MR) is 91.5 cm³/mol. The van der Waals surface area contributed by atoms with Gasteiger partial charge in [0.15, 0.2) is 0 Å². The summed E-state index contributed by atoms with van der Waals surface area (Å²) in [6.45, 7) is 7.86. The second-order valence-electron chi connectivity index (χ2n) is 5.56. The third kappa shape index (κ3) is 3.42.